The number of aromatic amines is 1. The van der Waals surface area contributed by atoms with Crippen molar-refractivity contribution in [3.8, 4) is 11.5 Å². The second-order valence-electron chi connectivity index (χ2n) is 11.0. The van der Waals surface area contributed by atoms with Gasteiger partial charge in [0.25, 0.3) is 5.91 Å². The Kier molecular flexibility index (Phi) is 8.54. The van der Waals surface area contributed by atoms with E-state index in [4.69, 9.17) is 9.47 Å². The van der Waals surface area contributed by atoms with Crippen molar-refractivity contribution in [3.63, 3.8) is 0 Å². The third-order valence-electron chi connectivity index (χ3n) is 7.44. The zero-order chi connectivity index (χ0) is 27.3. The molecule has 38 heavy (non-hydrogen) atoms. The standard InChI is InChI=1S/C16H19N5O2.C13H20O2/c22-10-20-5-3-12-8-21(9-13(12)4-6-20)16(23)11-1-2-14-15(7-11)18-19-17-14;1-6-15-12-8-7-10(14-5)9-11(12)13(2,3)4/h1-2,7,10,12-13H,3-6,8-9H2,(H,17,18,19);7-9H,6H2,1-5H3. The molecule has 1 N–H and O–H groups in total. The average molecular weight is 522 g/mol. The minimum Gasteiger partial charge on any atom is -0.497 e. The molecule has 0 spiro atoms. The number of benzene rings is 2. The van der Waals surface area contributed by atoms with Gasteiger partial charge in [-0.15, -0.1) is 0 Å². The fourth-order valence-corrected chi connectivity index (χ4v) is 5.30. The molecule has 0 saturated carbocycles. The molecule has 2 aromatic carbocycles. The number of aromatic nitrogens is 3. The molecule has 0 radical (unpaired) electrons. The number of ether oxygens (including phenoxy) is 2. The van der Waals surface area contributed by atoms with Crippen LogP contribution in [0.4, 0.5) is 0 Å². The first kappa shape index (κ1) is 27.4. The molecule has 0 bridgehead atoms. The second kappa shape index (κ2) is 11.8. The summed E-state index contributed by atoms with van der Waals surface area (Å²) < 4.78 is 10.8. The lowest BCUT2D eigenvalue weighted by Crippen LogP contribution is -2.30. The first-order valence-electron chi connectivity index (χ1n) is 13.3. The van der Waals surface area contributed by atoms with Crippen LogP contribution in [0.25, 0.3) is 11.0 Å². The van der Waals surface area contributed by atoms with Crippen LogP contribution in [0.1, 0.15) is 56.5 Å². The van der Waals surface area contributed by atoms with Gasteiger partial charge < -0.3 is 19.3 Å². The molecule has 3 heterocycles. The molecule has 204 valence electrons. The normalized spacial score (nSPS) is 19.3. The first-order chi connectivity index (χ1) is 18.2. The van der Waals surface area contributed by atoms with Gasteiger partial charge in [0.1, 0.15) is 22.5 Å². The van der Waals surface area contributed by atoms with Crippen LogP contribution in [0.15, 0.2) is 36.4 Å². The van der Waals surface area contributed by atoms with Crippen molar-refractivity contribution in [3.05, 3.63) is 47.5 Å². The fraction of sp³-hybridized carbons (Fsp3) is 0.517. The van der Waals surface area contributed by atoms with E-state index in [1.807, 2.05) is 47.1 Å². The van der Waals surface area contributed by atoms with Crippen LogP contribution in [0.5, 0.6) is 11.5 Å². The van der Waals surface area contributed by atoms with E-state index < -0.39 is 0 Å². The number of rotatable bonds is 5. The molecule has 2 unspecified atom stereocenters. The number of carbonyl (C=O) groups excluding carboxylic acids is 2. The van der Waals surface area contributed by atoms with Gasteiger partial charge in [0.2, 0.25) is 6.41 Å². The molecule has 1 aromatic heterocycles. The number of carbonyl (C=O) groups is 2. The van der Waals surface area contributed by atoms with E-state index >= 15 is 0 Å². The van der Waals surface area contributed by atoms with Crippen LogP contribution in [-0.4, -0.2) is 77.4 Å². The van der Waals surface area contributed by atoms with E-state index in [1.54, 1.807) is 13.2 Å². The first-order valence-corrected chi connectivity index (χ1v) is 13.3. The van der Waals surface area contributed by atoms with Crippen molar-refractivity contribution < 1.29 is 19.1 Å². The van der Waals surface area contributed by atoms with Crippen molar-refractivity contribution in [1.29, 1.82) is 0 Å². The van der Waals surface area contributed by atoms with E-state index in [-0.39, 0.29) is 11.3 Å². The lowest BCUT2D eigenvalue weighted by atomic mass is 9.86. The van der Waals surface area contributed by atoms with Gasteiger partial charge in [-0.25, -0.2) is 0 Å². The SMILES string of the molecule is CCOc1ccc(OC)cc1C(C)(C)C.O=CN1CCC2CN(C(=O)c3ccc4n[nH]nc4c3)CC2CC1. The number of fused-ring (bicyclic) bond motifs is 2. The summed E-state index contributed by atoms with van der Waals surface area (Å²) in [6.45, 7) is 12.4. The highest BCUT2D eigenvalue weighted by atomic mass is 16.5. The summed E-state index contributed by atoms with van der Waals surface area (Å²) in [5.74, 6) is 2.89. The van der Waals surface area contributed by atoms with Crippen LogP contribution in [0.3, 0.4) is 0 Å². The van der Waals surface area contributed by atoms with Crippen molar-refractivity contribution in [1.82, 2.24) is 25.2 Å². The Hall–Kier alpha value is -3.62. The Morgan fingerprint density at radius 2 is 1.74 bits per heavy atom. The summed E-state index contributed by atoms with van der Waals surface area (Å²) in [6, 6.07) is 11.4. The predicted octanol–water partition coefficient (Wildman–Crippen LogP) is 4.29. The Morgan fingerprint density at radius 3 is 2.34 bits per heavy atom. The lowest BCUT2D eigenvalue weighted by Gasteiger charge is -2.23. The number of amides is 2. The molecular weight excluding hydrogens is 482 g/mol. The van der Waals surface area contributed by atoms with E-state index in [0.717, 1.165) is 62.4 Å². The monoisotopic (exact) mass is 521 g/mol. The second-order valence-corrected chi connectivity index (χ2v) is 11.0. The molecule has 9 heteroatoms. The molecule has 3 aromatic rings. The summed E-state index contributed by atoms with van der Waals surface area (Å²) in [5.41, 5.74) is 3.40. The van der Waals surface area contributed by atoms with Gasteiger partial charge in [-0.3, -0.25) is 9.59 Å². The van der Waals surface area contributed by atoms with Crippen LogP contribution in [0.2, 0.25) is 0 Å². The molecule has 2 amide bonds. The van der Waals surface area contributed by atoms with Gasteiger partial charge in [0, 0.05) is 37.3 Å². The smallest absolute Gasteiger partial charge is 0.253 e. The van der Waals surface area contributed by atoms with Gasteiger partial charge in [-0.05, 0) is 73.4 Å². The van der Waals surface area contributed by atoms with Crippen LogP contribution >= 0.6 is 0 Å². The minimum atomic E-state index is 0.0650. The highest BCUT2D eigenvalue weighted by Gasteiger charge is 2.37. The average Bonchev–Trinajstić information content (AvgIpc) is 3.50. The molecule has 2 fully saturated rings. The third-order valence-corrected chi connectivity index (χ3v) is 7.44. The molecule has 2 saturated heterocycles. The van der Waals surface area contributed by atoms with Gasteiger partial charge >= 0.3 is 0 Å². The van der Waals surface area contributed by atoms with Gasteiger partial charge in [-0.2, -0.15) is 15.4 Å². The van der Waals surface area contributed by atoms with Gasteiger partial charge in [-0.1, -0.05) is 20.8 Å². The largest absolute Gasteiger partial charge is 0.497 e. The Balaban J connectivity index is 0.000000196. The maximum absolute atomic E-state index is 12.8. The van der Waals surface area contributed by atoms with Gasteiger partial charge in [0.05, 0.1) is 13.7 Å². The Labute approximate surface area is 224 Å². The molecular formula is C29H39N5O4. The number of hydrogen-bond acceptors (Lipinski definition) is 6. The topological polar surface area (TPSA) is 101 Å². The fourth-order valence-electron chi connectivity index (χ4n) is 5.30. The van der Waals surface area contributed by atoms with Crippen LogP contribution < -0.4 is 9.47 Å². The molecule has 2 aliphatic rings. The molecule has 2 aliphatic heterocycles. The maximum Gasteiger partial charge on any atom is 0.253 e. The zero-order valence-corrected chi connectivity index (χ0v) is 23.1. The van der Waals surface area contributed by atoms with Crippen LogP contribution in [0, 0.1) is 11.8 Å². The Bertz CT molecular complexity index is 1240. The maximum atomic E-state index is 12.8. The summed E-state index contributed by atoms with van der Waals surface area (Å²) >= 11 is 0. The molecule has 2 atom stereocenters. The number of hydrogen-bond donors (Lipinski definition) is 1. The van der Waals surface area contributed by atoms with Gasteiger partial charge in [0.15, 0.2) is 0 Å². The number of H-pyrrole nitrogens is 1. The Morgan fingerprint density at radius 1 is 1.05 bits per heavy atom. The lowest BCUT2D eigenvalue weighted by molar-refractivity contribution is -0.118. The summed E-state index contributed by atoms with van der Waals surface area (Å²) in [6.07, 6.45) is 2.90. The quantitative estimate of drug-likeness (QED) is 0.503. The third kappa shape index (κ3) is 6.26. The number of nitrogens with one attached hydrogen (secondary N) is 1. The van der Waals surface area contributed by atoms with Crippen molar-refractivity contribution >= 4 is 23.4 Å². The van der Waals surface area contributed by atoms with Crippen LogP contribution in [-0.2, 0) is 10.2 Å². The highest BCUT2D eigenvalue weighted by molar-refractivity contribution is 5.97. The number of methoxy groups -OCH3 is 1. The van der Waals surface area contributed by atoms with E-state index in [2.05, 4.69) is 36.2 Å². The number of nitrogens with zero attached hydrogens (tertiary/aromatic N) is 4. The van der Waals surface area contributed by atoms with Crippen molar-refractivity contribution in [2.75, 3.05) is 39.9 Å². The van der Waals surface area contributed by atoms with E-state index in [9.17, 15) is 9.59 Å². The molecule has 5 rings (SSSR count). The highest BCUT2D eigenvalue weighted by Crippen LogP contribution is 2.34. The summed E-state index contributed by atoms with van der Waals surface area (Å²) in [4.78, 5) is 27.5. The number of likely N-dealkylation sites (tertiary alicyclic amines) is 2. The van der Waals surface area contributed by atoms with E-state index in [1.165, 1.54) is 5.56 Å². The van der Waals surface area contributed by atoms with Crippen molar-refractivity contribution in [2.24, 2.45) is 11.8 Å². The van der Waals surface area contributed by atoms with Crippen molar-refractivity contribution in [2.45, 2.75) is 46.0 Å². The summed E-state index contributed by atoms with van der Waals surface area (Å²) in [7, 11) is 1.68. The van der Waals surface area contributed by atoms with E-state index in [0.29, 0.717) is 29.5 Å². The zero-order valence-electron chi connectivity index (χ0n) is 23.1. The molecule has 0 aliphatic carbocycles. The molecule has 9 nitrogen and oxygen atoms in total. The predicted molar refractivity (Wildman–Crippen MR) is 147 cm³/mol. The summed E-state index contributed by atoms with van der Waals surface area (Å²) in [5, 5.41) is 10.6. The minimum absolute atomic E-state index is 0.0650.